The number of rotatable bonds is 12. The Morgan fingerprint density at radius 1 is 0.250 bits per heavy atom. The number of benzene rings is 13. The van der Waals surface area contributed by atoms with Crippen LogP contribution in [0.2, 0.25) is 0 Å². The summed E-state index contributed by atoms with van der Waals surface area (Å²) in [6.07, 6.45) is 0. The van der Waals surface area contributed by atoms with Gasteiger partial charge in [-0.3, -0.25) is 0 Å². The number of para-hydroxylation sites is 2. The number of fused-ring (bicyclic) bond motifs is 6. The summed E-state index contributed by atoms with van der Waals surface area (Å²) < 4.78 is 4.64. The summed E-state index contributed by atoms with van der Waals surface area (Å²) in [6.45, 7) is 16.3. The average molecular weight is 1280 g/mol. The minimum Gasteiger partial charge on any atom is -0.309 e. The molecule has 12 nitrogen and oxygen atoms in total. The Bertz CT molecular complexity index is 5830. The summed E-state index contributed by atoms with van der Waals surface area (Å²) in [5.74, 6) is 3.18. The van der Waals surface area contributed by atoms with Crippen LogP contribution in [0.3, 0.4) is 0 Å². The molecule has 4 aromatic heterocycles. The lowest BCUT2D eigenvalue weighted by atomic mass is 9.95. The van der Waals surface area contributed by atoms with Gasteiger partial charge in [-0.2, -0.15) is 10.5 Å². The molecule has 0 N–H and O–H groups in total. The second kappa shape index (κ2) is 25.0. The third-order valence-electron chi connectivity index (χ3n) is 18.3. The van der Waals surface area contributed by atoms with Crippen molar-refractivity contribution >= 4 is 55.0 Å². The zero-order chi connectivity index (χ0) is 67.2. The summed E-state index contributed by atoms with van der Waals surface area (Å²) in [7, 11) is 0. The predicted octanol–water partition coefficient (Wildman–Crippen LogP) is 21.8. The average Bonchev–Trinajstić information content (AvgIpc) is 1.61. The van der Waals surface area contributed by atoms with E-state index >= 15 is 0 Å². The summed E-state index contributed by atoms with van der Waals surface area (Å²) in [6, 6.07) is 106. The molecule has 0 unspecified atom stereocenters. The molecule has 4 heterocycles. The smallest absolute Gasteiger partial charge is 0.196 e. The van der Waals surface area contributed by atoms with Crippen LogP contribution in [-0.2, 0) is 0 Å². The monoisotopic (exact) mass is 1270 g/mol. The van der Waals surface area contributed by atoms with Crippen molar-refractivity contribution in [2.45, 2.75) is 0 Å². The first-order valence-electron chi connectivity index (χ1n) is 32.4. The normalized spacial score (nSPS) is 11.2. The first kappa shape index (κ1) is 59.2. The Morgan fingerprint density at radius 2 is 0.550 bits per heavy atom. The minimum absolute atomic E-state index is 0.403. The van der Waals surface area contributed by atoms with Gasteiger partial charge in [-0.05, 0) is 112 Å². The lowest BCUT2D eigenvalue weighted by molar-refractivity contribution is 1.07. The van der Waals surface area contributed by atoms with E-state index in [9.17, 15) is 10.5 Å². The summed E-state index contributed by atoms with van der Waals surface area (Å²) in [5.41, 5.74) is 19.1. The van der Waals surface area contributed by atoms with Gasteiger partial charge in [0.15, 0.2) is 46.3 Å². The van der Waals surface area contributed by atoms with E-state index in [4.69, 9.17) is 43.0 Å². The summed E-state index contributed by atoms with van der Waals surface area (Å²) >= 11 is 0. The molecule has 0 fully saturated rings. The van der Waals surface area contributed by atoms with E-state index in [0.29, 0.717) is 57.4 Å². The highest BCUT2D eigenvalue weighted by molar-refractivity contribution is 6.13. The highest BCUT2D eigenvalue weighted by atomic mass is 15.1. The van der Waals surface area contributed by atoms with E-state index in [0.717, 1.165) is 133 Å². The number of nitriles is 2. The maximum Gasteiger partial charge on any atom is 0.196 e. The Kier molecular flexibility index (Phi) is 14.8. The third kappa shape index (κ3) is 10.6. The molecule has 13 aromatic carbocycles. The molecule has 0 amide bonds. The van der Waals surface area contributed by atoms with Gasteiger partial charge in [0.2, 0.25) is 0 Å². The molecule has 0 atom stereocenters. The second-order valence-electron chi connectivity index (χ2n) is 24.2. The lowest BCUT2D eigenvalue weighted by Crippen LogP contribution is -2.03. The number of nitrogens with zero attached hydrogens (tertiary/aromatic N) is 12. The SMILES string of the molecule is [C-]#[N+]c1cc(C#N)ccc1-c1ccc2c(c1)c1ccccc1n2-c1cc(-c2nc(-c3ccccc3)nc(-c3ccccc3)n2)ccc1-c1cccc(-c2ccc(-c3nc(-c4ccccc4)nc(-c4ccccc4)n3)cc2-n2c3ccccc3c3cc(-c4ccc(C#N)cc4[N+]#[C-])ccc32)c1. The molecule has 0 aliphatic rings. The summed E-state index contributed by atoms with van der Waals surface area (Å²) in [4.78, 5) is 38.9. The van der Waals surface area contributed by atoms with Gasteiger partial charge < -0.3 is 9.13 Å². The third-order valence-corrected chi connectivity index (χ3v) is 18.3. The Morgan fingerprint density at radius 3 is 0.910 bits per heavy atom. The van der Waals surface area contributed by atoms with Crippen LogP contribution in [0.25, 0.3) is 178 Å². The van der Waals surface area contributed by atoms with Gasteiger partial charge in [-0.1, -0.05) is 224 Å². The molecule has 0 spiro atoms. The molecule has 0 bridgehead atoms. The van der Waals surface area contributed by atoms with E-state index < -0.39 is 0 Å². The zero-order valence-corrected chi connectivity index (χ0v) is 53.2. The number of hydrogen-bond acceptors (Lipinski definition) is 8. The van der Waals surface area contributed by atoms with Crippen LogP contribution in [0.1, 0.15) is 11.1 Å². The van der Waals surface area contributed by atoms with Crippen LogP contribution in [0.5, 0.6) is 0 Å². The largest absolute Gasteiger partial charge is 0.309 e. The highest BCUT2D eigenvalue weighted by Crippen LogP contribution is 2.45. The molecule has 17 aromatic rings. The first-order chi connectivity index (χ1) is 49.4. The maximum absolute atomic E-state index is 9.81. The minimum atomic E-state index is 0.403. The van der Waals surface area contributed by atoms with Crippen molar-refractivity contribution in [3.63, 3.8) is 0 Å². The number of aromatic nitrogens is 8. The molecule has 0 saturated heterocycles. The van der Waals surface area contributed by atoms with Crippen molar-refractivity contribution in [2.75, 3.05) is 0 Å². The van der Waals surface area contributed by atoms with Crippen LogP contribution in [0, 0.1) is 35.8 Å². The Labute approximate surface area is 574 Å². The van der Waals surface area contributed by atoms with Crippen molar-refractivity contribution in [1.29, 1.82) is 10.5 Å². The van der Waals surface area contributed by atoms with Crippen molar-refractivity contribution < 1.29 is 0 Å². The van der Waals surface area contributed by atoms with Gasteiger partial charge in [0.05, 0.1) is 58.7 Å². The van der Waals surface area contributed by atoms with E-state index in [1.165, 1.54) is 0 Å². The van der Waals surface area contributed by atoms with Gasteiger partial charge in [0, 0.05) is 77.2 Å². The number of hydrogen-bond donors (Lipinski definition) is 0. The molecular formula is C88H50N12. The summed E-state index contributed by atoms with van der Waals surface area (Å²) in [5, 5.41) is 23.6. The lowest BCUT2D eigenvalue weighted by Gasteiger charge is -2.19. The molecule has 12 heteroatoms. The fourth-order valence-corrected chi connectivity index (χ4v) is 13.6. The topological polar surface area (TPSA) is 144 Å². The van der Waals surface area contributed by atoms with Crippen LogP contribution >= 0.6 is 0 Å². The van der Waals surface area contributed by atoms with E-state index in [1.54, 1.807) is 24.3 Å². The van der Waals surface area contributed by atoms with Gasteiger partial charge in [0.1, 0.15) is 0 Å². The molecule has 100 heavy (non-hydrogen) atoms. The van der Waals surface area contributed by atoms with Crippen molar-refractivity contribution in [3.05, 3.63) is 337 Å². The fraction of sp³-hybridized carbons (Fsp3) is 0. The van der Waals surface area contributed by atoms with Gasteiger partial charge in [-0.15, -0.1) is 0 Å². The standard InChI is InChI=1S/C88H50N12/c1-91-75-46-55(53-89)34-40-67(75)63-38-44-79-73(49-63)71-30-15-17-32-77(71)99(79)81-51-65(87-95-83(57-20-7-3-8-21-57)93-84(96-87)58-22-9-4-10-23-58)36-42-69(81)61-28-19-29-62(48-61)70-43-37-66(88-97-85(59-24-11-5-12-25-59)94-86(98-88)60-26-13-6-14-27-60)52-82(70)100-78-33-18-16-31-72(78)74-50-64(39-45-80(74)100)68-41-35-56(54-90)47-76(68)92-2/h3-52H. The first-order valence-corrected chi connectivity index (χ1v) is 32.4. The van der Waals surface area contributed by atoms with Crippen molar-refractivity contribution in [3.8, 4) is 136 Å². The Balaban J connectivity index is 0.901. The predicted molar refractivity (Wildman–Crippen MR) is 398 cm³/mol. The molecule has 0 aliphatic heterocycles. The highest BCUT2D eigenvalue weighted by Gasteiger charge is 2.24. The van der Waals surface area contributed by atoms with Crippen molar-refractivity contribution in [1.82, 2.24) is 39.0 Å². The molecule has 0 aliphatic carbocycles. The van der Waals surface area contributed by atoms with E-state index in [1.807, 2.05) is 133 Å². The van der Waals surface area contributed by atoms with Gasteiger partial charge in [0.25, 0.3) is 0 Å². The van der Waals surface area contributed by atoms with E-state index in [2.05, 4.69) is 177 Å². The molecule has 0 radical (unpaired) electrons. The second-order valence-corrected chi connectivity index (χ2v) is 24.2. The zero-order valence-electron chi connectivity index (χ0n) is 53.2. The molecular weight excluding hydrogens is 1230 g/mol. The fourth-order valence-electron chi connectivity index (χ4n) is 13.6. The van der Waals surface area contributed by atoms with Crippen molar-refractivity contribution in [2.24, 2.45) is 0 Å². The van der Waals surface area contributed by atoms with E-state index in [-0.39, 0.29) is 0 Å². The van der Waals surface area contributed by atoms with Crippen LogP contribution < -0.4 is 0 Å². The Hall–Kier alpha value is -14.6. The van der Waals surface area contributed by atoms with Crippen LogP contribution in [0.4, 0.5) is 11.4 Å². The van der Waals surface area contributed by atoms with Gasteiger partial charge in [-0.25, -0.2) is 39.6 Å². The van der Waals surface area contributed by atoms with Crippen LogP contribution in [-0.4, -0.2) is 39.0 Å². The van der Waals surface area contributed by atoms with Gasteiger partial charge >= 0.3 is 0 Å². The quantitative estimate of drug-likeness (QED) is 0.110. The molecule has 17 rings (SSSR count). The maximum atomic E-state index is 9.81. The molecule has 462 valence electrons. The van der Waals surface area contributed by atoms with Crippen LogP contribution in [0.15, 0.2) is 303 Å². The molecule has 0 saturated carbocycles.